The minimum atomic E-state index is -5.11. The van der Waals surface area contributed by atoms with E-state index in [1.807, 2.05) is 0 Å². The van der Waals surface area contributed by atoms with Crippen molar-refractivity contribution in [1.82, 2.24) is 4.90 Å². The van der Waals surface area contributed by atoms with Crippen molar-refractivity contribution in [2.45, 2.75) is 49.0 Å². The maximum atomic E-state index is 14.1. The lowest BCUT2D eigenvalue weighted by molar-refractivity contribution is -0.208. The molecule has 1 amide bonds. The number of nitrogens with zero attached hydrogens (tertiary/aromatic N) is 1. The summed E-state index contributed by atoms with van der Waals surface area (Å²) in [6.45, 7) is 1.50. The molecule has 3 aliphatic rings. The number of carbonyl (C=O) groups excluding carboxylic acids is 4. The van der Waals surface area contributed by atoms with Crippen LogP contribution in [0.2, 0.25) is 0 Å². The van der Waals surface area contributed by atoms with Crippen molar-refractivity contribution in [3.63, 3.8) is 0 Å². The first-order valence-corrected chi connectivity index (χ1v) is 14.6. The van der Waals surface area contributed by atoms with Crippen molar-refractivity contribution in [2.75, 3.05) is 14.1 Å². The molecule has 2 aromatic carbocycles. The summed E-state index contributed by atoms with van der Waals surface area (Å²) in [5.41, 5.74) is -2.11. The highest BCUT2D eigenvalue weighted by molar-refractivity contribution is 6.26. The molecule has 9 atom stereocenters. The predicted molar refractivity (Wildman–Crippen MR) is 154 cm³/mol. The summed E-state index contributed by atoms with van der Waals surface area (Å²) in [5, 5.41) is 45.6. The number of Topliss-reactive ketones (excluding diaryl/α,β-unsaturated/α-hetero) is 3. The fourth-order valence-electron chi connectivity index (χ4n) is 7.62. The Morgan fingerprint density at radius 2 is 1.48 bits per heavy atom. The van der Waals surface area contributed by atoms with Gasteiger partial charge in [0.15, 0.2) is 23.0 Å². The summed E-state index contributed by atoms with van der Waals surface area (Å²) in [5.74, 6) is -14.1. The molecule has 48 heavy (non-hydrogen) atoms. The summed E-state index contributed by atoms with van der Waals surface area (Å²) in [4.78, 5) is 55.1. The minimum absolute atomic E-state index is 0.0532. The van der Waals surface area contributed by atoms with E-state index in [9.17, 15) is 65.9 Å². The molecule has 2 fully saturated rings. The third-order valence-corrected chi connectivity index (χ3v) is 9.81. The number of aromatic hydroxyl groups is 1. The van der Waals surface area contributed by atoms with E-state index >= 15 is 0 Å². The monoisotopic (exact) mass is 684 g/mol. The zero-order valence-corrected chi connectivity index (χ0v) is 25.4. The fourth-order valence-corrected chi connectivity index (χ4v) is 7.62. The highest BCUT2D eigenvalue weighted by atomic mass is 19.4. The van der Waals surface area contributed by atoms with Gasteiger partial charge in [-0.15, -0.1) is 0 Å². The molecule has 0 radical (unpaired) electrons. The SMILES string of the molecule is C[C@@H]1c2ccc(C=Cc3cc(C(F)(F)F)cc(C(F)(F)F)c3)c(O)c2C(=O)C2C(=O)[C@@]3(O)C(=O)C(C(N)=O)C(O)[C@H](N(C)C)[C@H]3[C@H](O)[C@H]21. The van der Waals surface area contributed by atoms with Crippen LogP contribution in [0.25, 0.3) is 12.2 Å². The molecule has 2 aromatic rings. The number of alkyl halides is 6. The Balaban J connectivity index is 1.61. The van der Waals surface area contributed by atoms with E-state index in [2.05, 4.69) is 0 Å². The van der Waals surface area contributed by atoms with Crippen LogP contribution in [0.3, 0.4) is 0 Å². The molecular weight excluding hydrogens is 654 g/mol. The average molecular weight is 685 g/mol. The lowest BCUT2D eigenvalue weighted by Crippen LogP contribution is -2.78. The van der Waals surface area contributed by atoms with Gasteiger partial charge in [-0.3, -0.25) is 19.2 Å². The highest BCUT2D eigenvalue weighted by Gasteiger charge is 2.72. The number of benzene rings is 2. The third-order valence-electron chi connectivity index (χ3n) is 9.81. The van der Waals surface area contributed by atoms with Gasteiger partial charge in [0.1, 0.15) is 11.7 Å². The van der Waals surface area contributed by atoms with Crippen LogP contribution < -0.4 is 5.73 Å². The number of likely N-dealkylation sites (N-methyl/N-ethyl adjacent to an activating group) is 1. The number of phenols is 1. The first kappa shape index (κ1) is 35.2. The van der Waals surface area contributed by atoms with E-state index < -0.39 is 117 Å². The number of phenolic OH excluding ortho intramolecular Hbond substituents is 1. The van der Waals surface area contributed by atoms with Crippen LogP contribution in [0, 0.1) is 23.7 Å². The van der Waals surface area contributed by atoms with Crippen LogP contribution in [-0.2, 0) is 26.7 Å². The first-order chi connectivity index (χ1) is 22.0. The number of nitrogens with two attached hydrogens (primary N) is 1. The molecule has 3 aliphatic carbocycles. The lowest BCUT2D eigenvalue weighted by Gasteiger charge is -2.57. The Labute approximate surface area is 268 Å². The van der Waals surface area contributed by atoms with Crippen molar-refractivity contribution in [1.29, 1.82) is 0 Å². The van der Waals surface area contributed by atoms with E-state index in [4.69, 9.17) is 5.73 Å². The minimum Gasteiger partial charge on any atom is -0.507 e. The standard InChI is InChI=1S/C32H30F6N2O8/c1-11-16-7-6-13(5-4-12-8-14(31(33,34)35)10-15(9-12)32(36,37)38)23(41)18(16)24(42)19-17(11)25(43)21-22(40(2)3)26(44)20(29(39)47)28(46)30(21,48)27(19)45/h4-11,17,19-22,25-26,41,43-44,48H,1-3H3,(H2,39,47)/t11-,17+,19?,20?,21+,22-,25-,26?,30-/m1/s1. The number of hydrogen-bond acceptors (Lipinski definition) is 9. The van der Waals surface area contributed by atoms with E-state index in [0.717, 1.165) is 12.2 Å². The normalized spacial score (nSPS) is 32.3. The summed E-state index contributed by atoms with van der Waals surface area (Å²) < 4.78 is 80.0. The smallest absolute Gasteiger partial charge is 0.416 e. The molecule has 0 spiro atoms. The van der Waals surface area contributed by atoms with Crippen LogP contribution in [0.1, 0.15) is 51.0 Å². The van der Waals surface area contributed by atoms with Gasteiger partial charge in [-0.1, -0.05) is 31.2 Å². The van der Waals surface area contributed by atoms with Crippen LogP contribution in [-0.4, -0.2) is 86.5 Å². The van der Waals surface area contributed by atoms with Gasteiger partial charge in [0.05, 0.1) is 34.8 Å². The van der Waals surface area contributed by atoms with Crippen LogP contribution in [0.15, 0.2) is 30.3 Å². The molecule has 3 unspecified atom stereocenters. The molecule has 0 aromatic heterocycles. The second-order valence-electron chi connectivity index (χ2n) is 12.7. The van der Waals surface area contributed by atoms with Crippen molar-refractivity contribution in [2.24, 2.45) is 29.4 Å². The molecule has 16 heteroatoms. The number of amides is 1. The van der Waals surface area contributed by atoms with E-state index in [0.29, 0.717) is 12.1 Å². The quantitative estimate of drug-likeness (QED) is 0.184. The van der Waals surface area contributed by atoms with Gasteiger partial charge < -0.3 is 31.1 Å². The first-order valence-electron chi connectivity index (χ1n) is 14.6. The van der Waals surface area contributed by atoms with E-state index in [-0.39, 0.29) is 17.2 Å². The van der Waals surface area contributed by atoms with Gasteiger partial charge in [-0.2, -0.15) is 26.3 Å². The van der Waals surface area contributed by atoms with Crippen molar-refractivity contribution in [3.05, 3.63) is 63.7 Å². The molecule has 258 valence electrons. The van der Waals surface area contributed by atoms with Crippen LogP contribution in [0.5, 0.6) is 5.75 Å². The molecule has 0 saturated heterocycles. The largest absolute Gasteiger partial charge is 0.507 e. The number of carbonyl (C=O) groups is 4. The molecule has 5 rings (SSSR count). The summed E-state index contributed by atoms with van der Waals surface area (Å²) in [7, 11) is 2.82. The molecule has 2 saturated carbocycles. The number of ketones is 3. The van der Waals surface area contributed by atoms with Crippen molar-refractivity contribution < 1.29 is 65.9 Å². The number of halogens is 6. The Kier molecular flexibility index (Phi) is 8.43. The van der Waals surface area contributed by atoms with Gasteiger partial charge in [0.2, 0.25) is 5.91 Å². The van der Waals surface area contributed by atoms with Gasteiger partial charge in [-0.25, -0.2) is 0 Å². The maximum absolute atomic E-state index is 14.1. The molecule has 0 aliphatic heterocycles. The lowest BCUT2D eigenvalue weighted by atomic mass is 9.49. The number of hydrogen-bond donors (Lipinski definition) is 5. The second kappa shape index (κ2) is 11.5. The topological polar surface area (TPSA) is 178 Å². The molecule has 6 N–H and O–H groups in total. The zero-order chi connectivity index (χ0) is 36.0. The molecule has 0 bridgehead atoms. The molecular formula is C32H30F6N2O8. The Morgan fingerprint density at radius 1 is 0.917 bits per heavy atom. The number of aliphatic hydroxyl groups excluding tert-OH is 2. The van der Waals surface area contributed by atoms with Gasteiger partial charge in [-0.05, 0) is 49.3 Å². The van der Waals surface area contributed by atoms with E-state index in [1.54, 1.807) is 0 Å². The Hall–Kier alpha value is -4.12. The Bertz CT molecular complexity index is 1720. The third kappa shape index (κ3) is 5.21. The maximum Gasteiger partial charge on any atom is 0.416 e. The fraction of sp³-hybridized carbons (Fsp3) is 0.438. The van der Waals surface area contributed by atoms with Gasteiger partial charge in [0.25, 0.3) is 0 Å². The molecule has 0 heterocycles. The van der Waals surface area contributed by atoms with Gasteiger partial charge in [0, 0.05) is 23.4 Å². The Morgan fingerprint density at radius 3 is 1.98 bits per heavy atom. The second-order valence-corrected chi connectivity index (χ2v) is 12.7. The summed E-state index contributed by atoms with van der Waals surface area (Å²) >= 11 is 0. The van der Waals surface area contributed by atoms with Crippen LogP contribution in [0.4, 0.5) is 26.3 Å². The van der Waals surface area contributed by atoms with Crippen molar-refractivity contribution >= 4 is 35.4 Å². The average Bonchev–Trinajstić information content (AvgIpc) is 2.97. The van der Waals surface area contributed by atoms with Crippen molar-refractivity contribution in [3.8, 4) is 5.75 Å². The number of primary amides is 1. The zero-order valence-electron chi connectivity index (χ0n) is 25.4. The van der Waals surface area contributed by atoms with E-state index in [1.165, 1.54) is 38.1 Å². The highest BCUT2D eigenvalue weighted by Crippen LogP contribution is 2.55. The number of rotatable bonds is 4. The summed E-state index contributed by atoms with van der Waals surface area (Å²) in [6, 6.07) is 2.06. The predicted octanol–water partition coefficient (Wildman–Crippen LogP) is 2.40. The molecule has 10 nitrogen and oxygen atoms in total. The van der Waals surface area contributed by atoms with Gasteiger partial charge >= 0.3 is 12.4 Å². The number of aliphatic hydroxyl groups is 3. The van der Waals surface area contributed by atoms with Crippen LogP contribution >= 0.6 is 0 Å². The summed E-state index contributed by atoms with van der Waals surface area (Å²) in [6.07, 6.45) is -12.0. The number of fused-ring (bicyclic) bond motifs is 3.